The molecule has 1 aromatic heterocycles. The highest BCUT2D eigenvalue weighted by atomic mass is 16.5. The van der Waals surface area contributed by atoms with Crippen molar-refractivity contribution >= 4 is 5.82 Å². The van der Waals surface area contributed by atoms with Gasteiger partial charge in [-0.1, -0.05) is 12.1 Å². The van der Waals surface area contributed by atoms with Crippen LogP contribution in [0.25, 0.3) is 0 Å². The third-order valence-corrected chi connectivity index (χ3v) is 2.94. The van der Waals surface area contributed by atoms with Gasteiger partial charge in [0, 0.05) is 32.3 Å². The van der Waals surface area contributed by atoms with Crippen LogP contribution in [0.4, 0.5) is 5.82 Å². The maximum absolute atomic E-state index is 5.48. The van der Waals surface area contributed by atoms with Gasteiger partial charge < -0.3 is 10.1 Å². The molecule has 0 saturated carbocycles. The molecule has 0 bridgehead atoms. The minimum Gasteiger partial charge on any atom is -0.493 e. The number of nitrogens with zero attached hydrogens (tertiary/aromatic N) is 2. The number of aromatic nitrogens is 2. The Labute approximate surface area is 100 Å². The number of fused-ring (bicyclic) bond motifs is 1. The lowest BCUT2D eigenvalue weighted by Gasteiger charge is -2.05. The Kier molecular flexibility index (Phi) is 2.48. The van der Waals surface area contributed by atoms with E-state index in [9.17, 15) is 0 Å². The predicted octanol–water partition coefficient (Wildman–Crippen LogP) is 1.97. The number of nitrogens with one attached hydrogen (secondary N) is 1. The second-order valence-electron chi connectivity index (χ2n) is 4.27. The first-order valence-electron chi connectivity index (χ1n) is 5.79. The molecular weight excluding hydrogens is 214 g/mol. The molecule has 2 aromatic rings. The van der Waals surface area contributed by atoms with E-state index in [1.807, 2.05) is 19.3 Å². The SMILES string of the molecule is Cn1ccc(NCc2ccc3c(c2)CCO3)n1. The molecule has 1 aliphatic rings. The van der Waals surface area contributed by atoms with E-state index in [0.29, 0.717) is 0 Å². The fourth-order valence-corrected chi connectivity index (χ4v) is 2.05. The van der Waals surface area contributed by atoms with Crippen molar-refractivity contribution in [3.63, 3.8) is 0 Å². The van der Waals surface area contributed by atoms with E-state index in [4.69, 9.17) is 4.74 Å². The van der Waals surface area contributed by atoms with E-state index < -0.39 is 0 Å². The first-order chi connectivity index (χ1) is 8.31. The van der Waals surface area contributed by atoms with Crippen molar-refractivity contribution in [2.45, 2.75) is 13.0 Å². The molecule has 1 aromatic carbocycles. The molecule has 0 saturated heterocycles. The molecule has 0 amide bonds. The lowest BCUT2D eigenvalue weighted by molar-refractivity contribution is 0.357. The summed E-state index contributed by atoms with van der Waals surface area (Å²) in [6, 6.07) is 8.33. The molecule has 0 unspecified atom stereocenters. The molecule has 3 rings (SSSR count). The van der Waals surface area contributed by atoms with Gasteiger partial charge >= 0.3 is 0 Å². The summed E-state index contributed by atoms with van der Waals surface area (Å²) in [7, 11) is 1.91. The highest BCUT2D eigenvalue weighted by Gasteiger charge is 2.11. The molecule has 0 spiro atoms. The van der Waals surface area contributed by atoms with Crippen LogP contribution in [0.3, 0.4) is 0 Å². The number of anilines is 1. The Hall–Kier alpha value is -1.97. The van der Waals surface area contributed by atoms with Crippen molar-refractivity contribution in [3.8, 4) is 5.75 Å². The second-order valence-corrected chi connectivity index (χ2v) is 4.27. The van der Waals surface area contributed by atoms with Crippen molar-refractivity contribution in [1.82, 2.24) is 9.78 Å². The highest BCUT2D eigenvalue weighted by molar-refractivity contribution is 5.41. The molecule has 0 fully saturated rings. The topological polar surface area (TPSA) is 39.1 Å². The maximum atomic E-state index is 5.48. The molecular formula is C13H15N3O. The quantitative estimate of drug-likeness (QED) is 0.874. The Morgan fingerprint density at radius 2 is 2.35 bits per heavy atom. The van der Waals surface area contributed by atoms with E-state index in [2.05, 4.69) is 28.6 Å². The van der Waals surface area contributed by atoms with E-state index in [1.165, 1.54) is 11.1 Å². The number of ether oxygens (including phenoxy) is 1. The van der Waals surface area contributed by atoms with Gasteiger partial charge in [0.1, 0.15) is 11.6 Å². The smallest absolute Gasteiger partial charge is 0.148 e. The van der Waals surface area contributed by atoms with Gasteiger partial charge in [0.15, 0.2) is 0 Å². The Balaban J connectivity index is 1.69. The number of benzene rings is 1. The van der Waals surface area contributed by atoms with Gasteiger partial charge in [0.2, 0.25) is 0 Å². The van der Waals surface area contributed by atoms with Crippen LogP contribution in [0.15, 0.2) is 30.5 Å². The second kappa shape index (κ2) is 4.13. The summed E-state index contributed by atoms with van der Waals surface area (Å²) >= 11 is 0. The van der Waals surface area contributed by atoms with Crippen LogP contribution in [0, 0.1) is 0 Å². The van der Waals surface area contributed by atoms with Crippen LogP contribution in [0.2, 0.25) is 0 Å². The average Bonchev–Trinajstić information content (AvgIpc) is 2.94. The van der Waals surface area contributed by atoms with Crippen molar-refractivity contribution in [1.29, 1.82) is 0 Å². The zero-order valence-corrected chi connectivity index (χ0v) is 9.81. The molecule has 1 N–H and O–H groups in total. The normalized spacial score (nSPS) is 13.2. The largest absolute Gasteiger partial charge is 0.493 e. The standard InChI is InChI=1S/C13H15N3O/c1-16-6-4-13(15-16)14-9-10-2-3-12-11(8-10)5-7-17-12/h2-4,6,8H,5,7,9H2,1H3,(H,14,15). The molecule has 0 atom stereocenters. The third-order valence-electron chi connectivity index (χ3n) is 2.94. The number of hydrogen-bond donors (Lipinski definition) is 1. The lowest BCUT2D eigenvalue weighted by atomic mass is 10.1. The molecule has 2 heterocycles. The van der Waals surface area contributed by atoms with Crippen LogP contribution in [0.1, 0.15) is 11.1 Å². The third kappa shape index (κ3) is 2.11. The predicted molar refractivity (Wildman–Crippen MR) is 66.2 cm³/mol. The summed E-state index contributed by atoms with van der Waals surface area (Å²) in [5, 5.41) is 7.58. The zero-order chi connectivity index (χ0) is 11.7. The lowest BCUT2D eigenvalue weighted by Crippen LogP contribution is -2.01. The van der Waals surface area contributed by atoms with Crippen LogP contribution in [0.5, 0.6) is 5.75 Å². The summed E-state index contributed by atoms with van der Waals surface area (Å²) in [4.78, 5) is 0. The summed E-state index contributed by atoms with van der Waals surface area (Å²) in [6.07, 6.45) is 2.95. The van der Waals surface area contributed by atoms with Crippen LogP contribution in [-0.4, -0.2) is 16.4 Å². The molecule has 0 aliphatic carbocycles. The fourth-order valence-electron chi connectivity index (χ4n) is 2.05. The highest BCUT2D eigenvalue weighted by Crippen LogP contribution is 2.26. The molecule has 1 aliphatic heterocycles. The van der Waals surface area contributed by atoms with Gasteiger partial charge in [-0.05, 0) is 17.2 Å². The Morgan fingerprint density at radius 1 is 1.41 bits per heavy atom. The van der Waals surface area contributed by atoms with Crippen molar-refractivity contribution in [2.75, 3.05) is 11.9 Å². The average molecular weight is 229 g/mol. The minimum atomic E-state index is 0.796. The van der Waals surface area contributed by atoms with Gasteiger partial charge in [0.05, 0.1) is 6.61 Å². The molecule has 0 radical (unpaired) electrons. The van der Waals surface area contributed by atoms with E-state index in [0.717, 1.165) is 31.1 Å². The number of rotatable bonds is 3. The van der Waals surface area contributed by atoms with Crippen molar-refractivity contribution in [2.24, 2.45) is 7.05 Å². The van der Waals surface area contributed by atoms with Gasteiger partial charge in [-0.2, -0.15) is 5.10 Å². The van der Waals surface area contributed by atoms with Crippen LogP contribution >= 0.6 is 0 Å². The first kappa shape index (κ1) is 10.2. The van der Waals surface area contributed by atoms with Crippen LogP contribution in [-0.2, 0) is 20.0 Å². The summed E-state index contributed by atoms with van der Waals surface area (Å²) < 4.78 is 7.27. The van der Waals surface area contributed by atoms with Crippen molar-refractivity contribution < 1.29 is 4.74 Å². The zero-order valence-electron chi connectivity index (χ0n) is 9.81. The summed E-state index contributed by atoms with van der Waals surface area (Å²) in [5.41, 5.74) is 2.57. The number of hydrogen-bond acceptors (Lipinski definition) is 3. The fraction of sp³-hybridized carbons (Fsp3) is 0.308. The molecule has 4 heteroatoms. The van der Waals surface area contributed by atoms with Gasteiger partial charge in [0.25, 0.3) is 0 Å². The Morgan fingerprint density at radius 3 is 3.18 bits per heavy atom. The van der Waals surface area contributed by atoms with Gasteiger partial charge in [-0.15, -0.1) is 0 Å². The minimum absolute atomic E-state index is 0.796. The summed E-state index contributed by atoms with van der Waals surface area (Å²) in [6.45, 7) is 1.61. The summed E-state index contributed by atoms with van der Waals surface area (Å²) in [5.74, 6) is 1.94. The first-order valence-corrected chi connectivity index (χ1v) is 5.79. The van der Waals surface area contributed by atoms with Crippen molar-refractivity contribution in [3.05, 3.63) is 41.6 Å². The Bertz CT molecular complexity index is 533. The molecule has 4 nitrogen and oxygen atoms in total. The van der Waals surface area contributed by atoms with E-state index >= 15 is 0 Å². The monoisotopic (exact) mass is 229 g/mol. The van der Waals surface area contributed by atoms with Gasteiger partial charge in [-0.3, -0.25) is 4.68 Å². The maximum Gasteiger partial charge on any atom is 0.148 e. The molecule has 88 valence electrons. The molecule has 17 heavy (non-hydrogen) atoms. The van der Waals surface area contributed by atoms with Crippen LogP contribution < -0.4 is 10.1 Å². The van der Waals surface area contributed by atoms with E-state index in [-0.39, 0.29) is 0 Å². The van der Waals surface area contributed by atoms with Gasteiger partial charge in [-0.25, -0.2) is 0 Å². The number of aryl methyl sites for hydroxylation is 1. The van der Waals surface area contributed by atoms with E-state index in [1.54, 1.807) is 4.68 Å².